The first-order chi connectivity index (χ1) is 10.0. The standard InChI is InChI=1S/C16H22BrF2NO/c1-2-16(7-3-4-8-16)11-20-10-12-9-13(17)5-6-14(12)21-15(18)19/h5-6,9,15,20H,2-4,7-8,10-11H2,1H3. The fourth-order valence-corrected chi connectivity index (χ4v) is 3.55. The number of rotatable bonds is 7. The van der Waals surface area contributed by atoms with E-state index >= 15 is 0 Å². The lowest BCUT2D eigenvalue weighted by atomic mass is 9.83. The lowest BCUT2D eigenvalue weighted by Gasteiger charge is -2.28. The summed E-state index contributed by atoms with van der Waals surface area (Å²) in [7, 11) is 0. The Bertz CT molecular complexity index is 462. The van der Waals surface area contributed by atoms with Crippen LogP contribution in [0, 0.1) is 5.41 Å². The van der Waals surface area contributed by atoms with Crippen LogP contribution in [0.15, 0.2) is 22.7 Å². The van der Waals surface area contributed by atoms with Gasteiger partial charge in [0.05, 0.1) is 0 Å². The summed E-state index contributed by atoms with van der Waals surface area (Å²) >= 11 is 3.37. The van der Waals surface area contributed by atoms with Crippen molar-refractivity contribution >= 4 is 15.9 Å². The van der Waals surface area contributed by atoms with Gasteiger partial charge in [0.15, 0.2) is 0 Å². The number of benzene rings is 1. The summed E-state index contributed by atoms with van der Waals surface area (Å²) in [5, 5.41) is 3.43. The van der Waals surface area contributed by atoms with E-state index in [4.69, 9.17) is 0 Å². The zero-order chi connectivity index (χ0) is 15.3. The normalized spacial score (nSPS) is 17.4. The molecule has 1 N–H and O–H groups in total. The average Bonchev–Trinajstić information content (AvgIpc) is 2.91. The van der Waals surface area contributed by atoms with Crippen molar-refractivity contribution < 1.29 is 13.5 Å². The molecule has 1 aliphatic rings. The van der Waals surface area contributed by atoms with Crippen LogP contribution in [0.3, 0.4) is 0 Å². The van der Waals surface area contributed by atoms with E-state index in [1.807, 2.05) is 6.07 Å². The number of nitrogens with one attached hydrogen (secondary N) is 1. The van der Waals surface area contributed by atoms with Crippen LogP contribution >= 0.6 is 15.9 Å². The molecule has 0 unspecified atom stereocenters. The Kier molecular flexibility index (Phi) is 5.99. The quantitative estimate of drug-likeness (QED) is 0.728. The van der Waals surface area contributed by atoms with Crippen molar-refractivity contribution in [3.63, 3.8) is 0 Å². The van der Waals surface area contributed by atoms with Gasteiger partial charge in [0.1, 0.15) is 5.75 Å². The van der Waals surface area contributed by atoms with Gasteiger partial charge >= 0.3 is 6.61 Å². The summed E-state index contributed by atoms with van der Waals surface area (Å²) < 4.78 is 30.3. The molecule has 0 aliphatic heterocycles. The lowest BCUT2D eigenvalue weighted by Crippen LogP contribution is -2.31. The van der Waals surface area contributed by atoms with Crippen molar-refractivity contribution in [1.29, 1.82) is 0 Å². The number of hydrogen-bond donors (Lipinski definition) is 1. The largest absolute Gasteiger partial charge is 0.434 e. The lowest BCUT2D eigenvalue weighted by molar-refractivity contribution is -0.0505. The molecule has 0 heterocycles. The second kappa shape index (κ2) is 7.54. The second-order valence-electron chi connectivity index (χ2n) is 5.79. The first-order valence-electron chi connectivity index (χ1n) is 7.49. The molecule has 1 aromatic rings. The molecule has 0 aromatic heterocycles. The minimum absolute atomic E-state index is 0.248. The summed E-state index contributed by atoms with van der Waals surface area (Å²) in [5.74, 6) is 0.248. The Balaban J connectivity index is 1.97. The van der Waals surface area contributed by atoms with Crippen LogP contribution in [0.25, 0.3) is 0 Å². The first kappa shape index (κ1) is 16.7. The minimum Gasteiger partial charge on any atom is -0.434 e. The molecule has 0 amide bonds. The van der Waals surface area contributed by atoms with Crippen molar-refractivity contribution in [1.82, 2.24) is 5.32 Å². The molecule has 0 bridgehead atoms. The molecule has 5 heteroatoms. The van der Waals surface area contributed by atoms with Gasteiger partial charge in [-0.2, -0.15) is 8.78 Å². The molecule has 0 spiro atoms. The van der Waals surface area contributed by atoms with E-state index in [9.17, 15) is 8.78 Å². The molecule has 0 saturated heterocycles. The van der Waals surface area contributed by atoms with E-state index < -0.39 is 6.61 Å². The van der Waals surface area contributed by atoms with Crippen LogP contribution in [-0.4, -0.2) is 13.2 Å². The Morgan fingerprint density at radius 1 is 1.33 bits per heavy atom. The van der Waals surface area contributed by atoms with Crippen LogP contribution in [0.5, 0.6) is 5.75 Å². The van der Waals surface area contributed by atoms with Crippen LogP contribution in [0.2, 0.25) is 0 Å². The molecule has 1 fully saturated rings. The molecule has 0 atom stereocenters. The topological polar surface area (TPSA) is 21.3 Å². The zero-order valence-electron chi connectivity index (χ0n) is 12.3. The van der Waals surface area contributed by atoms with Gasteiger partial charge < -0.3 is 10.1 Å². The summed E-state index contributed by atoms with van der Waals surface area (Å²) in [6, 6.07) is 5.13. The van der Waals surface area contributed by atoms with Crippen molar-refractivity contribution in [2.24, 2.45) is 5.41 Å². The molecular weight excluding hydrogens is 340 g/mol. The van der Waals surface area contributed by atoms with Crippen molar-refractivity contribution in [3.8, 4) is 5.75 Å². The van der Waals surface area contributed by atoms with Gasteiger partial charge in [-0.25, -0.2) is 0 Å². The number of ether oxygens (including phenoxy) is 1. The Hall–Kier alpha value is -0.680. The predicted octanol–water partition coefficient (Wildman–Crippen LogP) is 5.11. The highest BCUT2D eigenvalue weighted by Crippen LogP contribution is 2.40. The van der Waals surface area contributed by atoms with Crippen molar-refractivity contribution in [2.45, 2.75) is 52.2 Å². The third-order valence-corrected chi connectivity index (χ3v) is 4.96. The molecule has 1 aliphatic carbocycles. The second-order valence-corrected chi connectivity index (χ2v) is 6.71. The first-order valence-corrected chi connectivity index (χ1v) is 8.28. The molecule has 21 heavy (non-hydrogen) atoms. The van der Waals surface area contributed by atoms with Crippen molar-refractivity contribution in [3.05, 3.63) is 28.2 Å². The summed E-state index contributed by atoms with van der Waals surface area (Å²) in [4.78, 5) is 0. The van der Waals surface area contributed by atoms with E-state index in [-0.39, 0.29) is 5.75 Å². The number of hydrogen-bond acceptors (Lipinski definition) is 2. The zero-order valence-corrected chi connectivity index (χ0v) is 13.9. The van der Waals surface area contributed by atoms with E-state index in [1.54, 1.807) is 12.1 Å². The maximum Gasteiger partial charge on any atom is 0.387 e. The van der Waals surface area contributed by atoms with Gasteiger partial charge in [0, 0.05) is 23.1 Å². The van der Waals surface area contributed by atoms with Gasteiger partial charge in [-0.15, -0.1) is 0 Å². The highest BCUT2D eigenvalue weighted by molar-refractivity contribution is 9.10. The van der Waals surface area contributed by atoms with Crippen LogP contribution in [-0.2, 0) is 6.54 Å². The Morgan fingerprint density at radius 2 is 2.05 bits per heavy atom. The molecular formula is C16H22BrF2NO. The third-order valence-electron chi connectivity index (χ3n) is 4.47. The maximum absolute atomic E-state index is 12.4. The SMILES string of the molecule is CCC1(CNCc2cc(Br)ccc2OC(F)F)CCCC1. The summed E-state index contributed by atoms with van der Waals surface area (Å²) in [5.41, 5.74) is 1.14. The fraction of sp³-hybridized carbons (Fsp3) is 0.625. The van der Waals surface area contributed by atoms with E-state index in [1.165, 1.54) is 32.1 Å². The summed E-state index contributed by atoms with van der Waals surface area (Å²) in [6.07, 6.45) is 6.28. The maximum atomic E-state index is 12.4. The van der Waals surface area contributed by atoms with E-state index in [0.717, 1.165) is 16.6 Å². The highest BCUT2D eigenvalue weighted by atomic mass is 79.9. The van der Waals surface area contributed by atoms with Crippen LogP contribution in [0.4, 0.5) is 8.78 Å². The van der Waals surface area contributed by atoms with E-state index in [2.05, 4.69) is 32.9 Å². The number of alkyl halides is 2. The summed E-state index contributed by atoms with van der Waals surface area (Å²) in [6.45, 7) is 0.923. The van der Waals surface area contributed by atoms with Gasteiger partial charge in [-0.1, -0.05) is 35.7 Å². The number of halogens is 3. The monoisotopic (exact) mass is 361 g/mol. The predicted molar refractivity (Wildman–Crippen MR) is 83.7 cm³/mol. The minimum atomic E-state index is -2.79. The third kappa shape index (κ3) is 4.65. The van der Waals surface area contributed by atoms with Crippen molar-refractivity contribution in [2.75, 3.05) is 6.54 Å². The molecule has 2 nitrogen and oxygen atoms in total. The smallest absolute Gasteiger partial charge is 0.387 e. The van der Waals surface area contributed by atoms with E-state index in [0.29, 0.717) is 12.0 Å². The Labute approximate surface area is 133 Å². The van der Waals surface area contributed by atoms with Gasteiger partial charge in [-0.05, 0) is 42.9 Å². The van der Waals surface area contributed by atoms with Gasteiger partial charge in [0.2, 0.25) is 0 Å². The Morgan fingerprint density at radius 3 is 2.67 bits per heavy atom. The molecule has 0 radical (unpaired) electrons. The average molecular weight is 362 g/mol. The molecule has 1 saturated carbocycles. The fourth-order valence-electron chi connectivity index (χ4n) is 3.14. The molecule has 1 aromatic carbocycles. The van der Waals surface area contributed by atoms with Crippen LogP contribution < -0.4 is 10.1 Å². The molecule has 2 rings (SSSR count). The highest BCUT2D eigenvalue weighted by Gasteiger charge is 2.31. The van der Waals surface area contributed by atoms with Crippen LogP contribution in [0.1, 0.15) is 44.6 Å². The molecule has 118 valence electrons. The van der Waals surface area contributed by atoms with Gasteiger partial charge in [0.25, 0.3) is 0 Å². The van der Waals surface area contributed by atoms with Gasteiger partial charge in [-0.3, -0.25) is 0 Å².